The van der Waals surface area contributed by atoms with Crippen molar-refractivity contribution in [1.82, 2.24) is 16.0 Å². The van der Waals surface area contributed by atoms with E-state index in [1.165, 1.54) is 24.3 Å². The van der Waals surface area contributed by atoms with Gasteiger partial charge in [-0.05, 0) is 36.2 Å². The molecule has 0 saturated carbocycles. The molecule has 3 amide bonds. The van der Waals surface area contributed by atoms with Gasteiger partial charge >= 0.3 is 6.03 Å². The predicted molar refractivity (Wildman–Crippen MR) is 90.3 cm³/mol. The highest BCUT2D eigenvalue weighted by atomic mass is 19.1. The van der Waals surface area contributed by atoms with Crippen LogP contribution in [0.15, 0.2) is 54.6 Å². The summed E-state index contributed by atoms with van der Waals surface area (Å²) in [5, 5.41) is 8.06. The minimum atomic E-state index is -0.389. The number of urea groups is 1. The molecule has 24 heavy (non-hydrogen) atoms. The molecule has 2 aromatic rings. The molecule has 2 rings (SSSR count). The maximum Gasteiger partial charge on any atom is 0.314 e. The molecule has 5 nitrogen and oxygen atoms in total. The maximum atomic E-state index is 12.8. The summed E-state index contributed by atoms with van der Waals surface area (Å²) in [6.07, 6.45) is 0.759. The minimum Gasteiger partial charge on any atom is -0.350 e. The molecule has 6 heteroatoms. The van der Waals surface area contributed by atoms with Crippen LogP contribution in [-0.4, -0.2) is 31.6 Å². The highest BCUT2D eigenvalue weighted by molar-refractivity contribution is 5.94. The van der Waals surface area contributed by atoms with Crippen molar-refractivity contribution in [3.8, 4) is 0 Å². The van der Waals surface area contributed by atoms with E-state index >= 15 is 0 Å². The second-order valence-electron chi connectivity index (χ2n) is 5.18. The molecule has 0 bridgehead atoms. The average Bonchev–Trinajstić information content (AvgIpc) is 2.60. The summed E-state index contributed by atoms with van der Waals surface area (Å²) >= 11 is 0. The van der Waals surface area contributed by atoms with Gasteiger partial charge in [-0.2, -0.15) is 0 Å². The van der Waals surface area contributed by atoms with Gasteiger partial charge in [0.1, 0.15) is 5.82 Å². The first kappa shape index (κ1) is 17.5. The standard InChI is InChI=1S/C18H20FN3O2/c19-16-8-6-15(7-9-16)17(23)20-12-13-22-18(24)21-11-10-14-4-2-1-3-5-14/h1-9H,10-13H2,(H,20,23)(H2,21,22,24). The second-order valence-corrected chi connectivity index (χ2v) is 5.18. The van der Waals surface area contributed by atoms with Gasteiger partial charge in [0.2, 0.25) is 0 Å². The van der Waals surface area contributed by atoms with Crippen LogP contribution in [0.4, 0.5) is 9.18 Å². The zero-order valence-corrected chi connectivity index (χ0v) is 13.2. The maximum absolute atomic E-state index is 12.8. The zero-order chi connectivity index (χ0) is 17.2. The monoisotopic (exact) mass is 329 g/mol. The third-order valence-corrected chi connectivity index (χ3v) is 3.34. The van der Waals surface area contributed by atoms with Gasteiger partial charge in [0.15, 0.2) is 0 Å². The van der Waals surface area contributed by atoms with Crippen molar-refractivity contribution in [2.24, 2.45) is 0 Å². The van der Waals surface area contributed by atoms with Crippen LogP contribution in [0, 0.1) is 5.82 Å². The van der Waals surface area contributed by atoms with Crippen LogP contribution < -0.4 is 16.0 Å². The second kappa shape index (κ2) is 9.29. The van der Waals surface area contributed by atoms with E-state index in [1.54, 1.807) is 0 Å². The number of carbonyl (C=O) groups excluding carboxylic acids is 2. The van der Waals surface area contributed by atoms with Gasteiger partial charge in [-0.1, -0.05) is 30.3 Å². The van der Waals surface area contributed by atoms with Crippen LogP contribution >= 0.6 is 0 Å². The van der Waals surface area contributed by atoms with E-state index in [9.17, 15) is 14.0 Å². The smallest absolute Gasteiger partial charge is 0.314 e. The molecule has 0 saturated heterocycles. The zero-order valence-electron chi connectivity index (χ0n) is 13.2. The summed E-state index contributed by atoms with van der Waals surface area (Å²) in [6.45, 7) is 1.14. The van der Waals surface area contributed by atoms with Crippen LogP contribution in [0.2, 0.25) is 0 Å². The number of rotatable bonds is 7. The molecular formula is C18H20FN3O2. The Labute approximate surface area is 140 Å². The molecule has 0 aliphatic heterocycles. The van der Waals surface area contributed by atoms with Gasteiger partial charge in [0.25, 0.3) is 5.91 Å². The lowest BCUT2D eigenvalue weighted by atomic mass is 10.1. The van der Waals surface area contributed by atoms with E-state index in [1.807, 2.05) is 30.3 Å². The van der Waals surface area contributed by atoms with Gasteiger partial charge in [0, 0.05) is 25.2 Å². The Balaban J connectivity index is 1.57. The molecular weight excluding hydrogens is 309 g/mol. The number of nitrogens with one attached hydrogen (secondary N) is 3. The fourth-order valence-electron chi connectivity index (χ4n) is 2.08. The summed E-state index contributed by atoms with van der Waals surface area (Å²) < 4.78 is 12.8. The molecule has 0 atom stereocenters. The SMILES string of the molecule is O=C(NCCNC(=O)c1ccc(F)cc1)NCCc1ccccc1. The molecule has 2 aromatic carbocycles. The van der Waals surface area contributed by atoms with Crippen LogP contribution in [-0.2, 0) is 6.42 Å². The Morgan fingerprint density at radius 1 is 0.792 bits per heavy atom. The number of halogens is 1. The van der Waals surface area contributed by atoms with Crippen LogP contribution in [0.25, 0.3) is 0 Å². The molecule has 0 radical (unpaired) electrons. The van der Waals surface area contributed by atoms with Crippen molar-refractivity contribution >= 4 is 11.9 Å². The first-order valence-corrected chi connectivity index (χ1v) is 7.74. The fourth-order valence-corrected chi connectivity index (χ4v) is 2.08. The van der Waals surface area contributed by atoms with E-state index in [0.29, 0.717) is 25.2 Å². The first-order chi connectivity index (χ1) is 11.6. The van der Waals surface area contributed by atoms with Crippen molar-refractivity contribution < 1.29 is 14.0 Å². The van der Waals surface area contributed by atoms with Crippen molar-refractivity contribution in [3.63, 3.8) is 0 Å². The molecule has 3 N–H and O–H groups in total. The minimum absolute atomic E-state index is 0.276. The Hall–Kier alpha value is -2.89. The Morgan fingerprint density at radius 2 is 1.42 bits per heavy atom. The third-order valence-electron chi connectivity index (χ3n) is 3.34. The molecule has 0 heterocycles. The summed E-state index contributed by atoms with van der Waals surface area (Å²) in [4.78, 5) is 23.4. The summed E-state index contributed by atoms with van der Waals surface area (Å²) in [7, 11) is 0. The lowest BCUT2D eigenvalue weighted by molar-refractivity contribution is 0.0954. The Bertz CT molecular complexity index is 660. The van der Waals surface area contributed by atoms with Gasteiger partial charge in [0.05, 0.1) is 0 Å². The largest absolute Gasteiger partial charge is 0.350 e. The quantitative estimate of drug-likeness (QED) is 0.681. The lowest BCUT2D eigenvalue weighted by Gasteiger charge is -2.09. The topological polar surface area (TPSA) is 70.2 Å². The molecule has 0 aliphatic carbocycles. The number of carbonyl (C=O) groups is 2. The number of hydrogen-bond donors (Lipinski definition) is 3. The van der Waals surface area contributed by atoms with Crippen LogP contribution in [0.3, 0.4) is 0 Å². The molecule has 0 aromatic heterocycles. The first-order valence-electron chi connectivity index (χ1n) is 7.74. The van der Waals surface area contributed by atoms with Crippen molar-refractivity contribution in [2.45, 2.75) is 6.42 Å². The number of benzene rings is 2. The number of hydrogen-bond acceptors (Lipinski definition) is 2. The highest BCUT2D eigenvalue weighted by Crippen LogP contribution is 2.02. The van der Waals surface area contributed by atoms with E-state index in [2.05, 4.69) is 16.0 Å². The molecule has 0 fully saturated rings. The normalized spacial score (nSPS) is 10.0. The van der Waals surface area contributed by atoms with Crippen molar-refractivity contribution in [1.29, 1.82) is 0 Å². The van der Waals surface area contributed by atoms with E-state index in [4.69, 9.17) is 0 Å². The van der Waals surface area contributed by atoms with Crippen LogP contribution in [0.1, 0.15) is 15.9 Å². The molecule has 0 aliphatic rings. The predicted octanol–water partition coefficient (Wildman–Crippen LogP) is 2.10. The summed E-state index contributed by atoms with van der Waals surface area (Å²) in [5.74, 6) is -0.693. The summed E-state index contributed by atoms with van der Waals surface area (Å²) in [5.41, 5.74) is 1.54. The average molecular weight is 329 g/mol. The van der Waals surface area contributed by atoms with E-state index < -0.39 is 0 Å². The van der Waals surface area contributed by atoms with Gasteiger partial charge in [-0.3, -0.25) is 4.79 Å². The fraction of sp³-hybridized carbons (Fsp3) is 0.222. The third kappa shape index (κ3) is 6.08. The van der Waals surface area contributed by atoms with Gasteiger partial charge in [-0.25, -0.2) is 9.18 Å². The Morgan fingerprint density at radius 3 is 2.12 bits per heavy atom. The van der Waals surface area contributed by atoms with E-state index in [-0.39, 0.29) is 17.8 Å². The molecule has 0 unspecified atom stereocenters. The van der Waals surface area contributed by atoms with E-state index in [0.717, 1.165) is 12.0 Å². The summed E-state index contributed by atoms with van der Waals surface area (Å²) in [6, 6.07) is 14.9. The lowest BCUT2D eigenvalue weighted by Crippen LogP contribution is -2.40. The van der Waals surface area contributed by atoms with Gasteiger partial charge in [-0.15, -0.1) is 0 Å². The highest BCUT2D eigenvalue weighted by Gasteiger charge is 2.05. The van der Waals surface area contributed by atoms with Gasteiger partial charge < -0.3 is 16.0 Å². The van der Waals surface area contributed by atoms with Crippen molar-refractivity contribution in [2.75, 3.05) is 19.6 Å². The molecule has 0 spiro atoms. The number of amides is 3. The molecule has 126 valence electrons. The Kier molecular flexibility index (Phi) is 6.76. The van der Waals surface area contributed by atoms with Crippen LogP contribution in [0.5, 0.6) is 0 Å². The van der Waals surface area contributed by atoms with Crippen molar-refractivity contribution in [3.05, 3.63) is 71.5 Å².